The van der Waals surface area contributed by atoms with E-state index in [-0.39, 0.29) is 36.6 Å². The zero-order valence-electron chi connectivity index (χ0n) is 18.3. The van der Waals surface area contributed by atoms with Crippen molar-refractivity contribution in [3.63, 3.8) is 0 Å². The minimum atomic E-state index is -3.79. The van der Waals surface area contributed by atoms with Crippen molar-refractivity contribution in [2.45, 2.75) is 11.8 Å². The van der Waals surface area contributed by atoms with E-state index in [2.05, 4.69) is 10.1 Å². The van der Waals surface area contributed by atoms with E-state index in [0.717, 1.165) is 12.1 Å². The molecule has 0 aliphatic carbocycles. The summed E-state index contributed by atoms with van der Waals surface area (Å²) in [5.41, 5.74) is 0.740. The summed E-state index contributed by atoms with van der Waals surface area (Å²) in [7, 11) is -3.79. The fourth-order valence-electron chi connectivity index (χ4n) is 3.55. The van der Waals surface area contributed by atoms with Gasteiger partial charge in [0.25, 0.3) is 5.91 Å². The number of aromatic nitrogens is 3. The van der Waals surface area contributed by atoms with Crippen LogP contribution in [0.15, 0.2) is 59.8 Å². The van der Waals surface area contributed by atoms with E-state index in [1.54, 1.807) is 31.3 Å². The molecule has 1 aromatic carbocycles. The van der Waals surface area contributed by atoms with Crippen molar-refractivity contribution in [1.82, 2.24) is 24.0 Å². The number of pyridine rings is 1. The second-order valence-corrected chi connectivity index (χ2v) is 9.50. The lowest BCUT2D eigenvalue weighted by Crippen LogP contribution is -2.51. The molecule has 3 aromatic rings. The van der Waals surface area contributed by atoms with Crippen LogP contribution in [0.25, 0.3) is 5.82 Å². The fourth-order valence-corrected chi connectivity index (χ4v) is 4.97. The highest BCUT2D eigenvalue weighted by molar-refractivity contribution is 7.89. The van der Waals surface area contributed by atoms with Crippen LogP contribution < -0.4 is 0 Å². The SMILES string of the molecule is Cc1c(C(=O)OCC(=O)N2CCN(S(=O)(=O)c3ccc(F)cc3)CC2)cnn1-c1ccccn1. The first-order valence-corrected chi connectivity index (χ1v) is 11.9. The molecule has 0 spiro atoms. The molecule has 1 aliphatic rings. The Kier molecular flexibility index (Phi) is 6.70. The van der Waals surface area contributed by atoms with Gasteiger partial charge in [0.2, 0.25) is 10.0 Å². The van der Waals surface area contributed by atoms with E-state index in [9.17, 15) is 22.4 Å². The molecule has 2 aromatic heterocycles. The summed E-state index contributed by atoms with van der Waals surface area (Å²) in [6.45, 7) is 1.67. The number of piperazine rings is 1. The van der Waals surface area contributed by atoms with E-state index < -0.39 is 34.3 Å². The number of amides is 1. The molecule has 34 heavy (non-hydrogen) atoms. The monoisotopic (exact) mass is 487 g/mol. The quantitative estimate of drug-likeness (QED) is 0.483. The molecule has 1 amide bonds. The third-order valence-corrected chi connectivity index (χ3v) is 7.38. The van der Waals surface area contributed by atoms with Gasteiger partial charge < -0.3 is 9.64 Å². The van der Waals surface area contributed by atoms with Crippen LogP contribution in [0.2, 0.25) is 0 Å². The average molecular weight is 488 g/mol. The minimum absolute atomic E-state index is 0.00998. The molecule has 0 unspecified atom stereocenters. The summed E-state index contributed by atoms with van der Waals surface area (Å²) in [6.07, 6.45) is 2.97. The molecule has 0 atom stereocenters. The third-order valence-electron chi connectivity index (χ3n) is 5.47. The van der Waals surface area contributed by atoms with Crippen LogP contribution in [0, 0.1) is 12.7 Å². The van der Waals surface area contributed by atoms with Gasteiger partial charge in [0.05, 0.1) is 16.8 Å². The second kappa shape index (κ2) is 9.69. The Morgan fingerprint density at radius 2 is 1.76 bits per heavy atom. The van der Waals surface area contributed by atoms with Crippen molar-refractivity contribution in [2.75, 3.05) is 32.8 Å². The number of ether oxygens (including phenoxy) is 1. The number of esters is 1. The molecule has 0 saturated carbocycles. The Labute approximate surface area is 195 Å². The highest BCUT2D eigenvalue weighted by Crippen LogP contribution is 2.18. The molecule has 0 bridgehead atoms. The number of hydrogen-bond donors (Lipinski definition) is 0. The number of benzene rings is 1. The van der Waals surface area contributed by atoms with E-state index in [0.29, 0.717) is 11.5 Å². The van der Waals surface area contributed by atoms with Crippen molar-refractivity contribution < 1.29 is 27.1 Å². The van der Waals surface area contributed by atoms with Gasteiger partial charge in [-0.1, -0.05) is 6.07 Å². The normalized spacial score (nSPS) is 14.7. The molecule has 10 nitrogen and oxygen atoms in total. The Balaban J connectivity index is 1.31. The average Bonchev–Trinajstić information content (AvgIpc) is 3.24. The maximum Gasteiger partial charge on any atom is 0.342 e. The zero-order valence-corrected chi connectivity index (χ0v) is 19.1. The molecular formula is C22H22FN5O5S. The maximum absolute atomic E-state index is 13.1. The van der Waals surface area contributed by atoms with Crippen LogP contribution in [0.1, 0.15) is 16.1 Å². The molecule has 3 heterocycles. The molecule has 0 N–H and O–H groups in total. The van der Waals surface area contributed by atoms with Gasteiger partial charge in [0.1, 0.15) is 11.4 Å². The standard InChI is InChI=1S/C22H22FN5O5S/c1-16-19(14-25-28(16)20-4-2-3-9-24-20)22(30)33-15-21(29)26-10-12-27(13-11-26)34(31,32)18-7-5-17(23)6-8-18/h2-9,14H,10-13,15H2,1H3. The van der Waals surface area contributed by atoms with E-state index in [1.807, 2.05) is 0 Å². The molecule has 1 fully saturated rings. The molecule has 1 saturated heterocycles. The van der Waals surface area contributed by atoms with Gasteiger partial charge in [-0.15, -0.1) is 0 Å². The lowest BCUT2D eigenvalue weighted by molar-refractivity contribution is -0.135. The molecular weight excluding hydrogens is 465 g/mol. The van der Waals surface area contributed by atoms with E-state index >= 15 is 0 Å². The second-order valence-electron chi connectivity index (χ2n) is 7.56. The predicted molar refractivity (Wildman–Crippen MR) is 118 cm³/mol. The molecule has 4 rings (SSSR count). The van der Waals surface area contributed by atoms with Crippen LogP contribution >= 0.6 is 0 Å². The number of carbonyl (C=O) groups excluding carboxylic acids is 2. The fraction of sp³-hybridized carbons (Fsp3) is 0.273. The Hall–Kier alpha value is -3.64. The predicted octanol–water partition coefficient (Wildman–Crippen LogP) is 1.40. The zero-order chi connectivity index (χ0) is 24.3. The van der Waals surface area contributed by atoms with Gasteiger partial charge in [0.15, 0.2) is 12.4 Å². The molecule has 0 radical (unpaired) electrons. The first-order valence-electron chi connectivity index (χ1n) is 10.4. The van der Waals surface area contributed by atoms with E-state index in [4.69, 9.17) is 4.74 Å². The van der Waals surface area contributed by atoms with Crippen molar-refractivity contribution >= 4 is 21.9 Å². The summed E-state index contributed by atoms with van der Waals surface area (Å²) < 4.78 is 46.4. The van der Waals surface area contributed by atoms with E-state index in [1.165, 1.54) is 32.2 Å². The molecule has 178 valence electrons. The van der Waals surface area contributed by atoms with Gasteiger partial charge in [0, 0.05) is 32.4 Å². The van der Waals surface area contributed by atoms with Crippen LogP contribution in [0.3, 0.4) is 0 Å². The summed E-state index contributed by atoms with van der Waals surface area (Å²) in [5, 5.41) is 4.16. The topological polar surface area (TPSA) is 115 Å². The Bertz CT molecular complexity index is 1290. The third kappa shape index (κ3) is 4.82. The summed E-state index contributed by atoms with van der Waals surface area (Å²) in [5.74, 6) is -1.10. The van der Waals surface area contributed by atoms with Crippen LogP contribution in [0.4, 0.5) is 4.39 Å². The van der Waals surface area contributed by atoms with Crippen molar-refractivity contribution in [2.24, 2.45) is 0 Å². The Morgan fingerprint density at radius 3 is 2.41 bits per heavy atom. The lowest BCUT2D eigenvalue weighted by atomic mass is 10.2. The number of nitrogens with zero attached hydrogens (tertiary/aromatic N) is 5. The van der Waals surface area contributed by atoms with Crippen LogP contribution in [0.5, 0.6) is 0 Å². The van der Waals surface area contributed by atoms with Crippen LogP contribution in [-0.2, 0) is 19.6 Å². The smallest absolute Gasteiger partial charge is 0.342 e. The number of halogens is 1. The van der Waals surface area contributed by atoms with Crippen LogP contribution in [-0.4, -0.2) is 77.0 Å². The molecule has 1 aliphatic heterocycles. The Morgan fingerprint density at radius 1 is 1.06 bits per heavy atom. The largest absolute Gasteiger partial charge is 0.452 e. The minimum Gasteiger partial charge on any atom is -0.452 e. The van der Waals surface area contributed by atoms with Gasteiger partial charge in [-0.05, 0) is 43.3 Å². The van der Waals surface area contributed by atoms with Gasteiger partial charge in [-0.25, -0.2) is 27.3 Å². The highest BCUT2D eigenvalue weighted by atomic mass is 32.2. The highest BCUT2D eigenvalue weighted by Gasteiger charge is 2.30. The summed E-state index contributed by atoms with van der Waals surface area (Å²) in [6, 6.07) is 9.89. The number of carbonyl (C=O) groups is 2. The van der Waals surface area contributed by atoms with Crippen molar-refractivity contribution in [1.29, 1.82) is 0 Å². The van der Waals surface area contributed by atoms with Gasteiger partial charge in [-0.2, -0.15) is 9.40 Å². The summed E-state index contributed by atoms with van der Waals surface area (Å²) >= 11 is 0. The van der Waals surface area contributed by atoms with Gasteiger partial charge >= 0.3 is 5.97 Å². The number of hydrogen-bond acceptors (Lipinski definition) is 7. The summed E-state index contributed by atoms with van der Waals surface area (Å²) in [4.78, 5) is 30.6. The number of rotatable bonds is 6. The van der Waals surface area contributed by atoms with Crippen molar-refractivity contribution in [3.05, 3.63) is 71.9 Å². The number of sulfonamides is 1. The first-order chi connectivity index (χ1) is 16.3. The van der Waals surface area contributed by atoms with Crippen molar-refractivity contribution in [3.8, 4) is 5.82 Å². The molecule has 12 heteroatoms. The first kappa shape index (κ1) is 23.5. The lowest BCUT2D eigenvalue weighted by Gasteiger charge is -2.33. The maximum atomic E-state index is 13.1. The van der Waals surface area contributed by atoms with Gasteiger partial charge in [-0.3, -0.25) is 4.79 Å².